The van der Waals surface area contributed by atoms with Crippen LogP contribution in [0, 0.1) is 13.8 Å². The van der Waals surface area contributed by atoms with Crippen LogP contribution in [0.25, 0.3) is 6.08 Å². The van der Waals surface area contributed by atoms with Crippen molar-refractivity contribution in [3.63, 3.8) is 0 Å². The van der Waals surface area contributed by atoms with Crippen LogP contribution in [0.5, 0.6) is 0 Å². The Bertz CT molecular complexity index is 773. The van der Waals surface area contributed by atoms with Gasteiger partial charge in [0.25, 0.3) is 5.91 Å². The van der Waals surface area contributed by atoms with Crippen LogP contribution >= 0.6 is 39.9 Å². The monoisotopic (exact) mass is 392 g/mol. The van der Waals surface area contributed by atoms with Gasteiger partial charge in [-0.1, -0.05) is 39.8 Å². The normalized spacial score (nSPS) is 16.9. The van der Waals surface area contributed by atoms with Gasteiger partial charge in [-0.15, -0.1) is 0 Å². The van der Waals surface area contributed by atoms with Crippen LogP contribution in [0.1, 0.15) is 17.0 Å². The summed E-state index contributed by atoms with van der Waals surface area (Å²) in [6.07, 6.45) is 1.87. The third kappa shape index (κ3) is 2.78. The minimum absolute atomic E-state index is 0.0830. The lowest BCUT2D eigenvalue weighted by molar-refractivity contribution is -0.114. The molecule has 2 aromatic rings. The van der Waals surface area contributed by atoms with E-state index in [9.17, 15) is 4.79 Å². The van der Waals surface area contributed by atoms with Gasteiger partial charge in [-0.3, -0.25) is 9.47 Å². The van der Waals surface area contributed by atoms with Crippen molar-refractivity contribution < 1.29 is 4.79 Å². The number of carbonyl (C=O) groups is 1. The maximum atomic E-state index is 12.7. The van der Waals surface area contributed by atoms with E-state index in [-0.39, 0.29) is 5.91 Å². The van der Waals surface area contributed by atoms with Gasteiger partial charge in [-0.05, 0) is 62.0 Å². The molecule has 112 valence electrons. The van der Waals surface area contributed by atoms with Crippen LogP contribution in [0.2, 0.25) is 0 Å². The van der Waals surface area contributed by atoms with Gasteiger partial charge >= 0.3 is 0 Å². The van der Waals surface area contributed by atoms with E-state index < -0.39 is 0 Å². The van der Waals surface area contributed by atoms with E-state index in [1.165, 1.54) is 11.8 Å². The lowest BCUT2D eigenvalue weighted by atomic mass is 10.2. The summed E-state index contributed by atoms with van der Waals surface area (Å²) in [6, 6.07) is 11.8. The standard InChI is InChI=1S/C16H13BrN2OS2/c1-10-3-4-11(2)18(10)19-15(20)14(22-16(19)21)9-12-5-7-13(17)8-6-12/h3-9H,1-2H3/b14-9+. The number of aryl methyl sites for hydroxylation is 2. The van der Waals surface area contributed by atoms with Gasteiger partial charge in [-0.2, -0.15) is 5.01 Å². The minimum Gasteiger partial charge on any atom is -0.266 e. The van der Waals surface area contributed by atoms with Gasteiger partial charge in [0.1, 0.15) is 0 Å². The largest absolute Gasteiger partial charge is 0.285 e. The minimum atomic E-state index is -0.0830. The number of hydrogen-bond acceptors (Lipinski definition) is 3. The Hall–Kier alpha value is -1.37. The Morgan fingerprint density at radius 2 is 1.68 bits per heavy atom. The molecule has 1 fully saturated rings. The zero-order chi connectivity index (χ0) is 15.9. The highest BCUT2D eigenvalue weighted by Crippen LogP contribution is 2.32. The van der Waals surface area contributed by atoms with E-state index in [1.807, 2.05) is 61.0 Å². The molecule has 0 aliphatic carbocycles. The second-order valence-corrected chi connectivity index (χ2v) is 7.56. The van der Waals surface area contributed by atoms with Crippen molar-refractivity contribution in [2.75, 3.05) is 5.01 Å². The fraction of sp³-hybridized carbons (Fsp3) is 0.125. The number of halogens is 1. The summed E-state index contributed by atoms with van der Waals surface area (Å²) in [5.74, 6) is -0.0830. The number of thioether (sulfide) groups is 1. The summed E-state index contributed by atoms with van der Waals surface area (Å²) in [4.78, 5) is 13.3. The predicted octanol–water partition coefficient (Wildman–Crippen LogP) is 4.40. The average Bonchev–Trinajstić information content (AvgIpc) is 2.94. The van der Waals surface area contributed by atoms with Gasteiger partial charge in [-0.25, -0.2) is 0 Å². The number of amides is 1. The highest BCUT2D eigenvalue weighted by Gasteiger charge is 2.34. The summed E-state index contributed by atoms with van der Waals surface area (Å²) in [6.45, 7) is 3.92. The molecule has 0 unspecified atom stereocenters. The van der Waals surface area contributed by atoms with Gasteiger partial charge in [0.15, 0.2) is 4.32 Å². The quantitative estimate of drug-likeness (QED) is 0.559. The first-order valence-electron chi connectivity index (χ1n) is 6.66. The number of hydrogen-bond donors (Lipinski definition) is 0. The molecule has 3 rings (SSSR count). The van der Waals surface area contributed by atoms with Gasteiger partial charge in [0.2, 0.25) is 0 Å². The van der Waals surface area contributed by atoms with E-state index in [0.29, 0.717) is 9.23 Å². The average molecular weight is 393 g/mol. The molecule has 2 heterocycles. The number of rotatable bonds is 2. The summed E-state index contributed by atoms with van der Waals surface area (Å²) < 4.78 is 3.42. The second-order valence-electron chi connectivity index (χ2n) is 4.97. The van der Waals surface area contributed by atoms with E-state index in [2.05, 4.69) is 15.9 Å². The molecule has 1 amide bonds. The Morgan fingerprint density at radius 1 is 1.09 bits per heavy atom. The molecule has 0 bridgehead atoms. The van der Waals surface area contributed by atoms with Crippen LogP contribution in [-0.2, 0) is 4.79 Å². The molecule has 0 N–H and O–H groups in total. The van der Waals surface area contributed by atoms with Crippen LogP contribution in [-0.4, -0.2) is 14.9 Å². The molecule has 0 radical (unpaired) electrons. The number of aromatic nitrogens is 1. The fourth-order valence-electron chi connectivity index (χ4n) is 2.32. The molecule has 0 saturated carbocycles. The van der Waals surface area contributed by atoms with Gasteiger partial charge in [0, 0.05) is 15.9 Å². The van der Waals surface area contributed by atoms with Gasteiger partial charge < -0.3 is 0 Å². The van der Waals surface area contributed by atoms with Crippen molar-refractivity contribution in [2.45, 2.75) is 13.8 Å². The first-order valence-corrected chi connectivity index (χ1v) is 8.68. The molecule has 1 aromatic heterocycles. The van der Waals surface area contributed by atoms with Crippen molar-refractivity contribution in [1.82, 2.24) is 4.68 Å². The van der Waals surface area contributed by atoms with Crippen molar-refractivity contribution in [3.8, 4) is 0 Å². The number of thiocarbonyl (C=S) groups is 1. The van der Waals surface area contributed by atoms with E-state index in [0.717, 1.165) is 21.4 Å². The Kier molecular flexibility index (Phi) is 4.25. The molecule has 1 aliphatic rings. The first-order chi connectivity index (χ1) is 10.5. The van der Waals surface area contributed by atoms with Crippen LogP contribution < -0.4 is 5.01 Å². The van der Waals surface area contributed by atoms with Crippen LogP contribution in [0.3, 0.4) is 0 Å². The predicted molar refractivity (Wildman–Crippen MR) is 99.4 cm³/mol. The van der Waals surface area contributed by atoms with Crippen molar-refractivity contribution in [2.24, 2.45) is 0 Å². The maximum absolute atomic E-state index is 12.7. The van der Waals surface area contributed by atoms with E-state index >= 15 is 0 Å². The lowest BCUT2D eigenvalue weighted by Gasteiger charge is -2.20. The van der Waals surface area contributed by atoms with Crippen molar-refractivity contribution in [3.05, 3.63) is 62.7 Å². The first kappa shape index (κ1) is 15.5. The van der Waals surface area contributed by atoms with Crippen molar-refractivity contribution >= 4 is 56.2 Å². The zero-order valence-corrected chi connectivity index (χ0v) is 15.3. The SMILES string of the molecule is Cc1ccc(C)n1N1C(=O)/C(=C\c2ccc(Br)cc2)SC1=S. The lowest BCUT2D eigenvalue weighted by Crippen LogP contribution is -2.39. The molecule has 1 aromatic carbocycles. The topological polar surface area (TPSA) is 25.2 Å². The molecule has 1 aliphatic heterocycles. The molecule has 22 heavy (non-hydrogen) atoms. The fourth-order valence-corrected chi connectivity index (χ4v) is 3.82. The summed E-state index contributed by atoms with van der Waals surface area (Å²) in [5.41, 5.74) is 2.95. The summed E-state index contributed by atoms with van der Waals surface area (Å²) in [7, 11) is 0. The third-order valence-electron chi connectivity index (χ3n) is 3.38. The molecule has 3 nitrogen and oxygen atoms in total. The Labute approximate surface area is 147 Å². The molecule has 1 saturated heterocycles. The van der Waals surface area contributed by atoms with E-state index in [4.69, 9.17) is 12.2 Å². The molecule has 0 spiro atoms. The van der Waals surface area contributed by atoms with Crippen LogP contribution in [0.4, 0.5) is 0 Å². The number of benzene rings is 1. The molecule has 6 heteroatoms. The van der Waals surface area contributed by atoms with Crippen LogP contribution in [0.15, 0.2) is 45.8 Å². The third-order valence-corrected chi connectivity index (χ3v) is 5.19. The highest BCUT2D eigenvalue weighted by molar-refractivity contribution is 9.10. The van der Waals surface area contributed by atoms with Gasteiger partial charge in [0.05, 0.1) is 4.91 Å². The maximum Gasteiger partial charge on any atom is 0.285 e. The smallest absolute Gasteiger partial charge is 0.266 e. The Morgan fingerprint density at radius 3 is 2.27 bits per heavy atom. The Balaban J connectivity index is 1.96. The second kappa shape index (κ2) is 6.02. The zero-order valence-electron chi connectivity index (χ0n) is 12.0. The summed E-state index contributed by atoms with van der Waals surface area (Å²) >= 11 is 10.1. The highest BCUT2D eigenvalue weighted by atomic mass is 79.9. The molecule has 0 atom stereocenters. The van der Waals surface area contributed by atoms with E-state index in [1.54, 1.807) is 5.01 Å². The number of carbonyl (C=O) groups excluding carboxylic acids is 1. The van der Waals surface area contributed by atoms with Crippen molar-refractivity contribution in [1.29, 1.82) is 0 Å². The molecular formula is C16H13BrN2OS2. The molecular weight excluding hydrogens is 380 g/mol. The summed E-state index contributed by atoms with van der Waals surface area (Å²) in [5, 5.41) is 1.56. The number of nitrogens with zero attached hydrogens (tertiary/aromatic N) is 2.